The summed E-state index contributed by atoms with van der Waals surface area (Å²) in [6.45, 7) is 1.68. The quantitative estimate of drug-likeness (QED) is 0.0285. The molecule has 3 aliphatic heterocycles. The number of hydrogen-bond donors (Lipinski definition) is 12. The Labute approximate surface area is 460 Å². The van der Waals surface area contributed by atoms with E-state index in [9.17, 15) is 61.0 Å². The number of unbranched alkanes of at least 4 members (excludes halogenated alkanes) is 23. The number of allylic oxidation sites excluding steroid dienone is 5. The largest absolute Gasteiger partial charge is 0.394 e. The van der Waals surface area contributed by atoms with Crippen molar-refractivity contribution in [3.63, 3.8) is 0 Å². The maximum absolute atomic E-state index is 13.3. The number of carbonyl (C=O) groups is 1. The average molecular weight is 1100 g/mol. The van der Waals surface area contributed by atoms with Gasteiger partial charge in [0.2, 0.25) is 5.91 Å². The van der Waals surface area contributed by atoms with Gasteiger partial charge >= 0.3 is 0 Å². The van der Waals surface area contributed by atoms with Crippen molar-refractivity contribution in [1.29, 1.82) is 0 Å². The fourth-order valence-electron chi connectivity index (χ4n) is 9.96. The third-order valence-corrected chi connectivity index (χ3v) is 14.9. The summed E-state index contributed by atoms with van der Waals surface area (Å²) in [5.41, 5.74) is 0. The number of rotatable bonds is 43. The molecule has 3 rings (SSSR count). The fraction of sp³-hybridized carbons (Fsp3) is 0.879. The van der Waals surface area contributed by atoms with E-state index in [4.69, 9.17) is 28.4 Å². The van der Waals surface area contributed by atoms with Gasteiger partial charge in [-0.15, -0.1) is 0 Å². The minimum absolute atomic E-state index is 0.226. The van der Waals surface area contributed by atoms with E-state index in [1.165, 1.54) is 103 Å². The van der Waals surface area contributed by atoms with Gasteiger partial charge in [0, 0.05) is 6.42 Å². The number of aliphatic hydroxyl groups is 11. The van der Waals surface area contributed by atoms with Crippen LogP contribution in [0.3, 0.4) is 0 Å². The molecule has 0 bridgehead atoms. The first-order valence-corrected chi connectivity index (χ1v) is 29.7. The van der Waals surface area contributed by atoms with E-state index in [-0.39, 0.29) is 18.9 Å². The van der Waals surface area contributed by atoms with Gasteiger partial charge in [-0.2, -0.15) is 0 Å². The third-order valence-electron chi connectivity index (χ3n) is 14.9. The highest BCUT2D eigenvalue weighted by Crippen LogP contribution is 2.33. The molecule has 17 atom stereocenters. The van der Waals surface area contributed by atoms with E-state index in [2.05, 4.69) is 43.5 Å². The fourth-order valence-corrected chi connectivity index (χ4v) is 9.96. The molecule has 0 spiro atoms. The Hall–Kier alpha value is -1.99. The van der Waals surface area contributed by atoms with Crippen molar-refractivity contribution >= 4 is 5.91 Å². The first kappa shape index (κ1) is 69.3. The molecule has 3 heterocycles. The maximum atomic E-state index is 13.3. The molecular weight excluding hydrogens is 999 g/mol. The summed E-state index contributed by atoms with van der Waals surface area (Å²) in [6, 6.07) is -0.992. The van der Waals surface area contributed by atoms with Gasteiger partial charge in [0.15, 0.2) is 18.9 Å². The predicted octanol–water partition coefficient (Wildman–Crippen LogP) is 4.93. The van der Waals surface area contributed by atoms with Crippen LogP contribution >= 0.6 is 0 Å². The molecule has 0 aromatic heterocycles. The van der Waals surface area contributed by atoms with E-state index in [1.807, 2.05) is 6.08 Å². The highest BCUT2D eigenvalue weighted by Gasteiger charge is 2.53. The van der Waals surface area contributed by atoms with Crippen LogP contribution < -0.4 is 5.32 Å². The summed E-state index contributed by atoms with van der Waals surface area (Å²) < 4.78 is 34.2. The van der Waals surface area contributed by atoms with Crippen LogP contribution in [-0.4, -0.2) is 193 Å². The monoisotopic (exact) mass is 1100 g/mol. The summed E-state index contributed by atoms with van der Waals surface area (Å²) in [4.78, 5) is 13.3. The summed E-state index contributed by atoms with van der Waals surface area (Å²) in [5, 5.41) is 120. The third kappa shape index (κ3) is 26.2. The first-order valence-electron chi connectivity index (χ1n) is 29.7. The highest BCUT2D eigenvalue weighted by atomic mass is 16.8. The van der Waals surface area contributed by atoms with Crippen molar-refractivity contribution in [1.82, 2.24) is 5.32 Å². The van der Waals surface area contributed by atoms with E-state index in [1.54, 1.807) is 6.08 Å². The zero-order chi connectivity index (χ0) is 56.2. The molecule has 77 heavy (non-hydrogen) atoms. The lowest BCUT2D eigenvalue weighted by molar-refractivity contribution is -0.379. The lowest BCUT2D eigenvalue weighted by atomic mass is 9.96. The van der Waals surface area contributed by atoms with Crippen molar-refractivity contribution in [3.05, 3.63) is 36.5 Å². The second-order valence-corrected chi connectivity index (χ2v) is 21.4. The van der Waals surface area contributed by atoms with Crippen molar-refractivity contribution < 1.29 is 89.4 Å². The SMILES string of the molecule is CCCCCCCCC/C=C\CCCCCCCC(=O)NC(COC1OC(CO)C(OC2OC(CO)C(OC3OC(CO)C(O)C(O)C3O)C(O)C2O)C(O)C1O)C(O)/C=C/CC/C=C/CCCCCCCCCCCC. The molecule has 0 aromatic carbocycles. The second kappa shape index (κ2) is 41.9. The maximum Gasteiger partial charge on any atom is 0.220 e. The zero-order valence-corrected chi connectivity index (χ0v) is 46.7. The van der Waals surface area contributed by atoms with Crippen molar-refractivity contribution in [2.24, 2.45) is 0 Å². The molecule has 3 saturated heterocycles. The molecule has 0 radical (unpaired) electrons. The normalized spacial score (nSPS) is 30.9. The van der Waals surface area contributed by atoms with Gasteiger partial charge < -0.3 is 89.9 Å². The Morgan fingerprint density at radius 3 is 1.30 bits per heavy atom. The van der Waals surface area contributed by atoms with Crippen molar-refractivity contribution in [2.45, 2.75) is 298 Å². The Balaban J connectivity index is 1.53. The van der Waals surface area contributed by atoms with E-state index < -0.39 is 124 Å². The van der Waals surface area contributed by atoms with Gasteiger partial charge in [-0.3, -0.25) is 4.79 Å². The number of nitrogens with one attached hydrogen (secondary N) is 1. The van der Waals surface area contributed by atoms with E-state index >= 15 is 0 Å². The molecule has 12 N–H and O–H groups in total. The van der Waals surface area contributed by atoms with Crippen LogP contribution in [0.2, 0.25) is 0 Å². The minimum Gasteiger partial charge on any atom is -0.394 e. The number of aliphatic hydroxyl groups excluding tert-OH is 11. The smallest absolute Gasteiger partial charge is 0.220 e. The molecule has 1 amide bonds. The first-order chi connectivity index (χ1) is 37.3. The molecule has 0 saturated carbocycles. The number of carbonyl (C=O) groups excluding carboxylic acids is 1. The van der Waals surface area contributed by atoms with E-state index in [0.717, 1.165) is 57.8 Å². The molecule has 17 unspecified atom stereocenters. The topological polar surface area (TPSA) is 307 Å². The lowest BCUT2D eigenvalue weighted by Crippen LogP contribution is -2.66. The van der Waals surface area contributed by atoms with E-state index in [0.29, 0.717) is 12.8 Å². The minimum atomic E-state index is -1.98. The number of amides is 1. The van der Waals surface area contributed by atoms with Crippen LogP contribution in [0.4, 0.5) is 0 Å². The summed E-state index contributed by atoms with van der Waals surface area (Å²) in [6.07, 6.45) is 17.0. The van der Waals surface area contributed by atoms with Crippen LogP contribution in [-0.2, 0) is 33.2 Å². The summed E-state index contributed by atoms with van der Waals surface area (Å²) >= 11 is 0. The molecule has 450 valence electrons. The Morgan fingerprint density at radius 2 is 0.831 bits per heavy atom. The van der Waals surface area contributed by atoms with Gasteiger partial charge in [-0.25, -0.2) is 0 Å². The summed E-state index contributed by atoms with van der Waals surface area (Å²) in [7, 11) is 0. The molecule has 3 aliphatic rings. The molecule has 0 aromatic rings. The van der Waals surface area contributed by atoms with Gasteiger partial charge in [0.05, 0.1) is 38.6 Å². The standard InChI is InChI=1S/C58H105NO18/c1-3-5-7-9-11-13-15-17-19-21-23-25-27-29-31-33-35-42(63)41(59-46(64)36-34-32-30-28-26-24-22-20-18-16-14-12-10-8-6-4-2)40-72-56-52(70)49(67)54(44(38-61)74-56)77-58-53(71)50(68)55(45(39-62)75-58)76-57-51(69)48(66)47(65)43(37-60)73-57/h20,22,25,27,33,35,41-45,47-58,60-63,65-71H,3-19,21,23-24,26,28-32,34,36-40H2,1-2H3,(H,59,64)/b22-20-,27-25+,35-33+. The summed E-state index contributed by atoms with van der Waals surface area (Å²) in [5.74, 6) is -0.295. The molecule has 19 heteroatoms. The predicted molar refractivity (Wildman–Crippen MR) is 291 cm³/mol. The number of ether oxygens (including phenoxy) is 6. The average Bonchev–Trinajstić information content (AvgIpc) is 3.44. The van der Waals surface area contributed by atoms with Gasteiger partial charge in [-0.1, -0.05) is 166 Å². The Bertz CT molecular complexity index is 1550. The highest BCUT2D eigenvalue weighted by molar-refractivity contribution is 5.76. The zero-order valence-electron chi connectivity index (χ0n) is 46.7. The van der Waals surface area contributed by atoms with Crippen LogP contribution in [0.15, 0.2) is 36.5 Å². The molecular formula is C58H105NO18. The van der Waals surface area contributed by atoms with Crippen LogP contribution in [0.1, 0.15) is 194 Å². The molecule has 19 nitrogen and oxygen atoms in total. The van der Waals surface area contributed by atoms with Gasteiger partial charge in [0.25, 0.3) is 0 Å². The molecule has 0 aliphatic carbocycles. The van der Waals surface area contributed by atoms with Gasteiger partial charge in [0.1, 0.15) is 73.2 Å². The molecule has 3 fully saturated rings. The van der Waals surface area contributed by atoms with Crippen LogP contribution in [0, 0.1) is 0 Å². The van der Waals surface area contributed by atoms with Crippen LogP contribution in [0.5, 0.6) is 0 Å². The van der Waals surface area contributed by atoms with Crippen molar-refractivity contribution in [3.8, 4) is 0 Å². The Morgan fingerprint density at radius 1 is 0.455 bits per heavy atom. The van der Waals surface area contributed by atoms with Crippen molar-refractivity contribution in [2.75, 3.05) is 26.4 Å². The second-order valence-electron chi connectivity index (χ2n) is 21.4. The van der Waals surface area contributed by atoms with Crippen LogP contribution in [0.25, 0.3) is 0 Å². The Kier molecular flexibility index (Phi) is 37.7. The number of hydrogen-bond acceptors (Lipinski definition) is 18. The van der Waals surface area contributed by atoms with Gasteiger partial charge in [-0.05, 0) is 57.8 Å². The lowest BCUT2D eigenvalue weighted by Gasteiger charge is -2.48.